The van der Waals surface area contributed by atoms with Gasteiger partial charge in [0.1, 0.15) is 5.84 Å². The first kappa shape index (κ1) is 43.4. The lowest BCUT2D eigenvalue weighted by molar-refractivity contribution is -0.153. The fourth-order valence-electron chi connectivity index (χ4n) is 10.6. The number of benzene rings is 2. The molecule has 0 radical (unpaired) electrons. The number of rotatable bonds is 4. The van der Waals surface area contributed by atoms with Crippen molar-refractivity contribution >= 4 is 23.6 Å². The van der Waals surface area contributed by atoms with Gasteiger partial charge in [0.05, 0.1) is 12.2 Å². The van der Waals surface area contributed by atoms with Gasteiger partial charge >= 0.3 is 0 Å². The van der Waals surface area contributed by atoms with Gasteiger partial charge in [0.2, 0.25) is 0 Å². The molecule has 0 saturated heterocycles. The maximum Gasteiger partial charge on any atom is 0.262 e. The zero-order chi connectivity index (χ0) is 39.2. The number of aliphatic imine (C=N–C) groups is 2. The maximum atomic E-state index is 13.5. The molecule has 13 heteroatoms. The molecule has 8 rings (SSSR count). The van der Waals surface area contributed by atoms with Crippen LogP contribution in [0.25, 0.3) is 0 Å². The first-order valence-electron chi connectivity index (χ1n) is 19.0. The fraction of sp³-hybridized carbons (Fsp3) is 0.628. The minimum Gasteiger partial charge on any atom is -0.381 e. The van der Waals surface area contributed by atoms with Gasteiger partial charge in [-0.1, -0.05) is 39.1 Å². The van der Waals surface area contributed by atoms with E-state index < -0.39 is 22.7 Å². The summed E-state index contributed by atoms with van der Waals surface area (Å²) in [6, 6.07) is 10.8. The third-order valence-corrected chi connectivity index (χ3v) is 13.8. The predicted molar refractivity (Wildman–Crippen MR) is 214 cm³/mol. The van der Waals surface area contributed by atoms with E-state index in [1.807, 2.05) is 19.1 Å². The minimum atomic E-state index is -1.98. The Morgan fingerprint density at radius 1 is 0.696 bits per heavy atom. The number of nitrogens with two attached hydrogens (primary N) is 1. The third kappa shape index (κ3) is 6.21. The summed E-state index contributed by atoms with van der Waals surface area (Å²) in [5.74, 6) is -3.16. The molecule has 2 amide bonds. The van der Waals surface area contributed by atoms with Gasteiger partial charge in [-0.25, -0.2) is 4.99 Å². The predicted octanol–water partition coefficient (Wildman–Crippen LogP) is 4.29. The summed E-state index contributed by atoms with van der Waals surface area (Å²) >= 11 is 0. The number of guanidine groups is 1. The van der Waals surface area contributed by atoms with E-state index in [0.29, 0.717) is 17.0 Å². The average molecular weight is 778 g/mol. The van der Waals surface area contributed by atoms with E-state index in [1.165, 1.54) is 18.7 Å². The van der Waals surface area contributed by atoms with E-state index >= 15 is 0 Å². The molecule has 0 bridgehead atoms. The number of carbonyl (C=O) groups excluding carboxylic acids is 2. The van der Waals surface area contributed by atoms with Crippen molar-refractivity contribution in [2.45, 2.75) is 135 Å². The molecule has 6 aliphatic rings. The smallest absolute Gasteiger partial charge is 0.262 e. The van der Waals surface area contributed by atoms with Gasteiger partial charge in [-0.05, 0) is 119 Å². The standard InChI is InChI=1S/C21H28N2O4.C20H27N3O4.2CH4/c1-13-22-21(18(24)23(13)3)17-11-15(19(2,25)26)6-5-14(17)12-20(21)9-7-16(27-4)8-10-20;1-18(25,26)13-5-4-12-11-19(8-6-14(27-3)7-9-19)20(15(12)10-13)16(24)23(2)17(21)22-20;;/h5-6,11,16,25-26H,7-10,12H2,1-4H3;4-5,10,14,25-26H,6-9,11H2,1-3H3,(H2,21,22);2*1H4. The van der Waals surface area contributed by atoms with Crippen LogP contribution in [-0.2, 0) is 54.6 Å². The molecule has 2 saturated carbocycles. The summed E-state index contributed by atoms with van der Waals surface area (Å²) in [6.07, 6.45) is 8.81. The van der Waals surface area contributed by atoms with E-state index in [9.17, 15) is 30.0 Å². The molecule has 0 aromatic heterocycles. The largest absolute Gasteiger partial charge is 0.381 e. The zero-order valence-corrected chi connectivity index (χ0v) is 32.5. The number of likely N-dealkylation sites (N-methyl/N-ethyl adjacent to an activating group) is 2. The van der Waals surface area contributed by atoms with E-state index in [2.05, 4.69) is 0 Å². The van der Waals surface area contributed by atoms with Crippen LogP contribution in [0.2, 0.25) is 0 Å². The number of nitrogens with zero attached hydrogens (tertiary/aromatic N) is 4. The molecule has 4 aliphatic carbocycles. The van der Waals surface area contributed by atoms with Gasteiger partial charge in [-0.3, -0.25) is 19.5 Å². The highest BCUT2D eigenvalue weighted by Crippen LogP contribution is 2.63. The monoisotopic (exact) mass is 777 g/mol. The number of carbonyl (C=O) groups is 2. The molecule has 56 heavy (non-hydrogen) atoms. The van der Waals surface area contributed by atoms with Crippen molar-refractivity contribution < 1.29 is 39.5 Å². The lowest BCUT2D eigenvalue weighted by atomic mass is 9.61. The second-order valence-electron chi connectivity index (χ2n) is 16.8. The highest BCUT2D eigenvalue weighted by molar-refractivity contribution is 6.09. The number of hydrogen-bond donors (Lipinski definition) is 5. The van der Waals surface area contributed by atoms with Gasteiger partial charge in [-0.15, -0.1) is 0 Å². The molecule has 308 valence electrons. The summed E-state index contributed by atoms with van der Waals surface area (Å²) in [5, 5.41) is 40.3. The first-order chi connectivity index (χ1) is 25.3. The third-order valence-electron chi connectivity index (χ3n) is 13.8. The molecule has 2 aromatic carbocycles. The summed E-state index contributed by atoms with van der Waals surface area (Å²) in [4.78, 5) is 39.8. The van der Waals surface area contributed by atoms with Crippen LogP contribution < -0.4 is 5.73 Å². The molecule has 6 N–H and O–H groups in total. The molecular formula is C43H63N5O8. The summed E-state index contributed by atoms with van der Waals surface area (Å²) < 4.78 is 11.1. The van der Waals surface area contributed by atoms with Crippen LogP contribution in [0.3, 0.4) is 0 Å². The van der Waals surface area contributed by atoms with Gasteiger partial charge in [-0.2, -0.15) is 0 Å². The number of aliphatic hydroxyl groups is 4. The number of amidine groups is 1. The quantitative estimate of drug-likeness (QED) is 0.282. The lowest BCUT2D eigenvalue weighted by Gasteiger charge is -2.45. The fourth-order valence-corrected chi connectivity index (χ4v) is 10.6. The van der Waals surface area contributed by atoms with Crippen molar-refractivity contribution in [2.24, 2.45) is 26.5 Å². The summed E-state index contributed by atoms with van der Waals surface area (Å²) in [5.41, 5.74) is 7.79. The molecule has 2 aromatic rings. The maximum absolute atomic E-state index is 13.5. The molecule has 2 aliphatic heterocycles. The van der Waals surface area contributed by atoms with Crippen LogP contribution in [0, 0.1) is 10.8 Å². The highest BCUT2D eigenvalue weighted by atomic mass is 16.5. The highest BCUT2D eigenvalue weighted by Gasteiger charge is 2.67. The van der Waals surface area contributed by atoms with Gasteiger partial charge in [0.15, 0.2) is 28.6 Å². The molecule has 2 fully saturated rings. The van der Waals surface area contributed by atoms with E-state index in [-0.39, 0.29) is 55.7 Å². The Kier molecular flexibility index (Phi) is 11.3. The van der Waals surface area contributed by atoms with Crippen molar-refractivity contribution in [3.8, 4) is 0 Å². The minimum absolute atomic E-state index is 0. The molecule has 4 spiro atoms. The Morgan fingerprint density at radius 3 is 1.38 bits per heavy atom. The van der Waals surface area contributed by atoms with Crippen LogP contribution in [-0.4, -0.2) is 94.4 Å². The molecular weight excluding hydrogens is 714 g/mol. The topological polar surface area (TPSA) is 191 Å². The summed E-state index contributed by atoms with van der Waals surface area (Å²) in [6.45, 7) is 4.52. The number of ether oxygens (including phenoxy) is 2. The molecule has 13 nitrogen and oxygen atoms in total. The van der Waals surface area contributed by atoms with Crippen LogP contribution in [0.4, 0.5) is 0 Å². The number of fused-ring (bicyclic) bond motifs is 6. The molecule has 2 heterocycles. The van der Waals surface area contributed by atoms with Crippen molar-refractivity contribution in [3.05, 3.63) is 69.8 Å². The lowest BCUT2D eigenvalue weighted by Crippen LogP contribution is -2.51. The second-order valence-corrected chi connectivity index (χ2v) is 16.8. The first-order valence-corrected chi connectivity index (χ1v) is 19.0. The Bertz CT molecular complexity index is 1780. The summed E-state index contributed by atoms with van der Waals surface area (Å²) in [7, 11) is 6.89. The number of methoxy groups -OCH3 is 2. The van der Waals surface area contributed by atoms with Crippen molar-refractivity contribution in [3.63, 3.8) is 0 Å². The Hall–Kier alpha value is -3.72. The van der Waals surface area contributed by atoms with Crippen LogP contribution >= 0.6 is 0 Å². The van der Waals surface area contributed by atoms with Gasteiger partial charge < -0.3 is 40.5 Å². The normalized spacial score (nSPS) is 31.9. The Morgan fingerprint density at radius 2 is 1.07 bits per heavy atom. The SMILES string of the molecule is C.C.COC1CCC2(CC1)Cc1ccc(C(C)(O)O)cc1C21N=C(C)N(C)C1=O.COC1CCC2(CC1)Cc1ccc(C(C)(O)O)cc1C21N=C(N)N(C)C1=O. The van der Waals surface area contributed by atoms with Crippen LogP contribution in [0.5, 0.6) is 0 Å². The van der Waals surface area contributed by atoms with E-state index in [0.717, 1.165) is 86.5 Å². The zero-order valence-electron chi connectivity index (χ0n) is 32.5. The van der Waals surface area contributed by atoms with Crippen molar-refractivity contribution in [1.82, 2.24) is 9.80 Å². The molecule has 2 unspecified atom stereocenters. The van der Waals surface area contributed by atoms with Crippen molar-refractivity contribution in [1.29, 1.82) is 0 Å². The average Bonchev–Trinajstić information content (AvgIpc) is 3.73. The number of amides is 2. The molecule has 2 atom stereocenters. The van der Waals surface area contributed by atoms with Crippen LogP contribution in [0.15, 0.2) is 46.4 Å². The van der Waals surface area contributed by atoms with E-state index in [4.69, 9.17) is 25.2 Å². The van der Waals surface area contributed by atoms with Crippen molar-refractivity contribution in [2.75, 3.05) is 28.3 Å². The Labute approximate surface area is 331 Å². The van der Waals surface area contributed by atoms with Gasteiger partial charge in [0, 0.05) is 50.3 Å². The van der Waals surface area contributed by atoms with Gasteiger partial charge in [0.25, 0.3) is 11.8 Å². The van der Waals surface area contributed by atoms with Crippen LogP contribution in [0.1, 0.15) is 120 Å². The van der Waals surface area contributed by atoms with E-state index in [1.54, 1.807) is 57.5 Å². The number of hydrogen-bond acceptors (Lipinski definition) is 11. The second kappa shape index (κ2) is 14.6. The Balaban J connectivity index is 0.000000207.